The Morgan fingerprint density at radius 2 is 1.91 bits per heavy atom. The van der Waals surface area contributed by atoms with Gasteiger partial charge in [0.15, 0.2) is 5.96 Å². The first-order valence-corrected chi connectivity index (χ1v) is 9.34. The van der Waals surface area contributed by atoms with Crippen molar-refractivity contribution in [1.29, 1.82) is 0 Å². The fraction of sp³-hybridized carbons (Fsp3) is 0.588. The number of nitrogens with zero attached hydrogens (tertiary/aromatic N) is 3. The first-order valence-electron chi connectivity index (χ1n) is 8.36. The molecular weight excluding hydrogens is 306 g/mol. The van der Waals surface area contributed by atoms with Gasteiger partial charge in [-0.2, -0.15) is 0 Å². The van der Waals surface area contributed by atoms with Crippen LogP contribution in [0.15, 0.2) is 28.1 Å². The van der Waals surface area contributed by atoms with Crippen LogP contribution in [0.1, 0.15) is 19.4 Å². The van der Waals surface area contributed by atoms with Crippen molar-refractivity contribution in [1.82, 2.24) is 9.80 Å². The van der Waals surface area contributed by atoms with Crippen molar-refractivity contribution in [2.75, 3.05) is 50.8 Å². The Kier molecular flexibility index (Phi) is 7.20. The van der Waals surface area contributed by atoms with Gasteiger partial charge in [-0.25, -0.2) is 0 Å². The van der Waals surface area contributed by atoms with E-state index in [0.29, 0.717) is 5.96 Å². The Morgan fingerprint density at radius 3 is 2.52 bits per heavy atom. The molecule has 0 radical (unpaired) electrons. The van der Waals surface area contributed by atoms with E-state index in [9.17, 15) is 0 Å². The molecule has 1 aliphatic rings. The van der Waals surface area contributed by atoms with Gasteiger partial charge in [0.2, 0.25) is 0 Å². The molecule has 1 fully saturated rings. The SMILES string of the molecule is CCSc1cc(N/C(N)=N/C)ccc1CN1CCN(CC)CC1. The number of hydrogen-bond donors (Lipinski definition) is 2. The molecule has 0 unspecified atom stereocenters. The molecule has 0 aliphatic carbocycles. The highest BCUT2D eigenvalue weighted by Crippen LogP contribution is 2.27. The smallest absolute Gasteiger partial charge is 0.192 e. The molecule has 6 heteroatoms. The summed E-state index contributed by atoms with van der Waals surface area (Å²) in [7, 11) is 1.69. The van der Waals surface area contributed by atoms with Crippen molar-refractivity contribution in [3.05, 3.63) is 23.8 Å². The van der Waals surface area contributed by atoms with Gasteiger partial charge >= 0.3 is 0 Å². The number of nitrogens with two attached hydrogens (primary N) is 1. The second-order valence-corrected chi connectivity index (χ2v) is 7.01. The largest absolute Gasteiger partial charge is 0.370 e. The zero-order chi connectivity index (χ0) is 16.7. The predicted molar refractivity (Wildman–Crippen MR) is 101 cm³/mol. The summed E-state index contributed by atoms with van der Waals surface area (Å²) in [6.45, 7) is 11.3. The highest BCUT2D eigenvalue weighted by molar-refractivity contribution is 7.99. The lowest BCUT2D eigenvalue weighted by Crippen LogP contribution is -2.45. The third kappa shape index (κ3) is 5.41. The van der Waals surface area contributed by atoms with Crippen LogP contribution in [0.3, 0.4) is 0 Å². The number of thioether (sulfide) groups is 1. The van der Waals surface area contributed by atoms with Gasteiger partial charge in [-0.05, 0) is 30.0 Å². The molecule has 2 rings (SSSR count). The van der Waals surface area contributed by atoms with Gasteiger partial charge in [-0.1, -0.05) is 19.9 Å². The van der Waals surface area contributed by atoms with Crippen LogP contribution in [0.2, 0.25) is 0 Å². The number of rotatable bonds is 6. The van der Waals surface area contributed by atoms with Crippen molar-refractivity contribution < 1.29 is 0 Å². The summed E-state index contributed by atoms with van der Waals surface area (Å²) in [6, 6.07) is 6.49. The van der Waals surface area contributed by atoms with E-state index in [1.54, 1.807) is 7.05 Å². The Morgan fingerprint density at radius 1 is 1.22 bits per heavy atom. The first-order chi connectivity index (χ1) is 11.2. The van der Waals surface area contributed by atoms with Crippen LogP contribution in [-0.4, -0.2) is 61.3 Å². The maximum atomic E-state index is 5.76. The lowest BCUT2D eigenvalue weighted by atomic mass is 10.1. The average molecular weight is 336 g/mol. The second kappa shape index (κ2) is 9.15. The number of piperazine rings is 1. The van der Waals surface area contributed by atoms with Gasteiger partial charge in [0.25, 0.3) is 0 Å². The Labute approximate surface area is 144 Å². The van der Waals surface area contributed by atoms with Crippen LogP contribution in [-0.2, 0) is 6.54 Å². The van der Waals surface area contributed by atoms with Crippen LogP contribution in [0.5, 0.6) is 0 Å². The van der Waals surface area contributed by atoms with Crippen LogP contribution >= 0.6 is 11.8 Å². The quantitative estimate of drug-likeness (QED) is 0.475. The molecule has 1 saturated heterocycles. The number of guanidine groups is 1. The Bertz CT molecular complexity index is 524. The van der Waals surface area contributed by atoms with E-state index in [-0.39, 0.29) is 0 Å². The molecule has 1 aromatic rings. The number of nitrogens with one attached hydrogen (secondary N) is 1. The van der Waals surface area contributed by atoms with Crippen molar-refractivity contribution >= 4 is 23.4 Å². The standard InChI is InChI=1S/C17H29N5S/c1-4-21-8-10-22(11-9-21)13-14-6-7-15(20-17(18)19-3)12-16(14)23-5-2/h6-7,12H,4-5,8-11,13H2,1-3H3,(H3,18,19,20). The molecule has 1 aliphatic heterocycles. The molecule has 3 N–H and O–H groups in total. The van der Waals surface area contributed by atoms with Crippen molar-refractivity contribution in [3.63, 3.8) is 0 Å². The average Bonchev–Trinajstić information content (AvgIpc) is 2.58. The lowest BCUT2D eigenvalue weighted by Gasteiger charge is -2.34. The number of likely N-dealkylation sites (N-methyl/N-ethyl adjacent to an activating group) is 1. The first kappa shape index (κ1) is 18.1. The number of benzene rings is 1. The van der Waals surface area contributed by atoms with Crippen LogP contribution in [0, 0.1) is 0 Å². The molecule has 0 amide bonds. The summed E-state index contributed by atoms with van der Waals surface area (Å²) >= 11 is 1.89. The summed E-state index contributed by atoms with van der Waals surface area (Å²) < 4.78 is 0. The van der Waals surface area contributed by atoms with Crippen molar-refractivity contribution in [2.24, 2.45) is 10.7 Å². The van der Waals surface area contributed by atoms with E-state index in [1.165, 1.54) is 23.5 Å². The van der Waals surface area contributed by atoms with E-state index in [1.807, 2.05) is 11.8 Å². The van der Waals surface area contributed by atoms with Crippen LogP contribution in [0.25, 0.3) is 0 Å². The molecular formula is C17H29N5S. The Hall–Kier alpha value is -1.24. The number of anilines is 1. The summed E-state index contributed by atoms with van der Waals surface area (Å²) in [5.41, 5.74) is 8.17. The fourth-order valence-electron chi connectivity index (χ4n) is 2.76. The molecule has 23 heavy (non-hydrogen) atoms. The topological polar surface area (TPSA) is 56.9 Å². The second-order valence-electron chi connectivity index (χ2n) is 5.70. The summed E-state index contributed by atoms with van der Waals surface area (Å²) in [6.07, 6.45) is 0. The van der Waals surface area contributed by atoms with Gasteiger partial charge in [0, 0.05) is 50.4 Å². The van der Waals surface area contributed by atoms with Crippen LogP contribution < -0.4 is 11.1 Å². The minimum Gasteiger partial charge on any atom is -0.370 e. The zero-order valence-electron chi connectivity index (χ0n) is 14.5. The number of hydrogen-bond acceptors (Lipinski definition) is 4. The fourth-order valence-corrected chi connectivity index (χ4v) is 3.60. The van der Waals surface area contributed by atoms with Gasteiger partial charge in [0.05, 0.1) is 0 Å². The molecule has 5 nitrogen and oxygen atoms in total. The van der Waals surface area contributed by atoms with Gasteiger partial charge in [-0.3, -0.25) is 9.89 Å². The molecule has 0 spiro atoms. The number of aliphatic imine (C=N–C) groups is 1. The van der Waals surface area contributed by atoms with Crippen molar-refractivity contribution in [2.45, 2.75) is 25.3 Å². The van der Waals surface area contributed by atoms with Gasteiger partial charge in [-0.15, -0.1) is 11.8 Å². The molecule has 0 atom stereocenters. The molecule has 1 aromatic carbocycles. The summed E-state index contributed by atoms with van der Waals surface area (Å²) in [4.78, 5) is 10.4. The van der Waals surface area contributed by atoms with E-state index in [4.69, 9.17) is 5.73 Å². The van der Waals surface area contributed by atoms with E-state index < -0.39 is 0 Å². The predicted octanol–water partition coefficient (Wildman–Crippen LogP) is 2.29. The maximum absolute atomic E-state index is 5.76. The molecule has 0 saturated carbocycles. The van der Waals surface area contributed by atoms with Gasteiger partial charge in [0.1, 0.15) is 0 Å². The van der Waals surface area contributed by atoms with E-state index in [0.717, 1.165) is 37.6 Å². The Balaban J connectivity index is 2.05. The highest BCUT2D eigenvalue weighted by atomic mass is 32.2. The summed E-state index contributed by atoms with van der Waals surface area (Å²) in [5, 5.41) is 3.13. The molecule has 128 valence electrons. The van der Waals surface area contributed by atoms with E-state index in [2.05, 4.69) is 52.2 Å². The summed E-state index contributed by atoms with van der Waals surface area (Å²) in [5.74, 6) is 1.51. The maximum Gasteiger partial charge on any atom is 0.192 e. The van der Waals surface area contributed by atoms with Crippen molar-refractivity contribution in [3.8, 4) is 0 Å². The van der Waals surface area contributed by atoms with Crippen LogP contribution in [0.4, 0.5) is 5.69 Å². The molecule has 0 bridgehead atoms. The lowest BCUT2D eigenvalue weighted by molar-refractivity contribution is 0.131. The third-order valence-corrected chi connectivity index (χ3v) is 5.17. The monoisotopic (exact) mass is 335 g/mol. The third-order valence-electron chi connectivity index (χ3n) is 4.19. The minimum absolute atomic E-state index is 0.445. The molecule has 0 aromatic heterocycles. The zero-order valence-corrected chi connectivity index (χ0v) is 15.3. The normalized spacial score (nSPS) is 17.4. The van der Waals surface area contributed by atoms with E-state index >= 15 is 0 Å². The highest BCUT2D eigenvalue weighted by Gasteiger charge is 2.17. The molecule has 1 heterocycles. The van der Waals surface area contributed by atoms with Gasteiger partial charge < -0.3 is 16.0 Å². The minimum atomic E-state index is 0.445.